The van der Waals surface area contributed by atoms with Crippen molar-refractivity contribution in [2.24, 2.45) is 7.05 Å². The van der Waals surface area contributed by atoms with Gasteiger partial charge in [-0.25, -0.2) is 4.98 Å². The van der Waals surface area contributed by atoms with Crippen LogP contribution in [0.2, 0.25) is 0 Å². The summed E-state index contributed by atoms with van der Waals surface area (Å²) in [7, 11) is 2.07. The second kappa shape index (κ2) is 5.70. The molecule has 0 saturated carbocycles. The van der Waals surface area contributed by atoms with Crippen molar-refractivity contribution in [3.8, 4) is 0 Å². The number of nitrogens with one attached hydrogen (secondary N) is 1. The fourth-order valence-electron chi connectivity index (χ4n) is 2.78. The fourth-order valence-corrected chi connectivity index (χ4v) is 2.78. The fraction of sp³-hybridized carbons (Fsp3) is 0.278. The van der Waals surface area contributed by atoms with Gasteiger partial charge in [0.1, 0.15) is 5.82 Å². The van der Waals surface area contributed by atoms with E-state index in [1.54, 1.807) is 0 Å². The third-order valence-electron chi connectivity index (χ3n) is 4.10. The molecule has 2 aromatic carbocycles. The van der Waals surface area contributed by atoms with Gasteiger partial charge in [-0.05, 0) is 37.1 Å². The topological polar surface area (TPSA) is 29.9 Å². The van der Waals surface area contributed by atoms with Gasteiger partial charge in [-0.2, -0.15) is 0 Å². The van der Waals surface area contributed by atoms with Crippen LogP contribution >= 0.6 is 0 Å². The summed E-state index contributed by atoms with van der Waals surface area (Å²) in [5.74, 6) is 1.07. The number of aryl methyl sites for hydroxylation is 2. The molecular weight excluding hydrogens is 258 g/mol. The van der Waals surface area contributed by atoms with Gasteiger partial charge in [-0.3, -0.25) is 0 Å². The van der Waals surface area contributed by atoms with E-state index in [4.69, 9.17) is 4.98 Å². The molecule has 3 nitrogen and oxygen atoms in total. The SMILES string of the molecule is Cc1ccccc1[C@H](C)NCc1nc2ccccc2n1C. The van der Waals surface area contributed by atoms with Gasteiger partial charge in [0.25, 0.3) is 0 Å². The molecule has 1 heterocycles. The molecule has 0 bridgehead atoms. The summed E-state index contributed by atoms with van der Waals surface area (Å²) in [4.78, 5) is 4.70. The minimum absolute atomic E-state index is 0.311. The Labute approximate surface area is 125 Å². The first kappa shape index (κ1) is 13.8. The van der Waals surface area contributed by atoms with Crippen LogP contribution in [-0.2, 0) is 13.6 Å². The van der Waals surface area contributed by atoms with Gasteiger partial charge >= 0.3 is 0 Å². The van der Waals surface area contributed by atoms with E-state index in [1.165, 1.54) is 16.6 Å². The first-order valence-corrected chi connectivity index (χ1v) is 7.36. The number of rotatable bonds is 4. The molecule has 21 heavy (non-hydrogen) atoms. The zero-order chi connectivity index (χ0) is 14.8. The van der Waals surface area contributed by atoms with Crippen molar-refractivity contribution in [1.29, 1.82) is 0 Å². The van der Waals surface area contributed by atoms with Crippen molar-refractivity contribution in [2.45, 2.75) is 26.4 Å². The number of hydrogen-bond acceptors (Lipinski definition) is 2. The molecule has 3 heteroatoms. The van der Waals surface area contributed by atoms with Crippen molar-refractivity contribution < 1.29 is 0 Å². The summed E-state index contributed by atoms with van der Waals surface area (Å²) in [6.07, 6.45) is 0. The van der Waals surface area contributed by atoms with E-state index in [0.717, 1.165) is 17.9 Å². The van der Waals surface area contributed by atoms with Crippen molar-refractivity contribution in [2.75, 3.05) is 0 Å². The van der Waals surface area contributed by atoms with Crippen LogP contribution in [0.3, 0.4) is 0 Å². The summed E-state index contributed by atoms with van der Waals surface area (Å²) < 4.78 is 2.16. The average Bonchev–Trinajstić information content (AvgIpc) is 2.82. The number of nitrogens with zero attached hydrogens (tertiary/aromatic N) is 2. The lowest BCUT2D eigenvalue weighted by Crippen LogP contribution is -2.20. The molecule has 1 atom stereocenters. The number of benzene rings is 2. The Morgan fingerprint density at radius 1 is 1.10 bits per heavy atom. The minimum Gasteiger partial charge on any atom is -0.330 e. The van der Waals surface area contributed by atoms with Crippen molar-refractivity contribution in [3.63, 3.8) is 0 Å². The molecule has 0 spiro atoms. The van der Waals surface area contributed by atoms with Gasteiger partial charge in [0.15, 0.2) is 0 Å². The largest absolute Gasteiger partial charge is 0.330 e. The minimum atomic E-state index is 0.311. The molecule has 0 aliphatic carbocycles. The highest BCUT2D eigenvalue weighted by molar-refractivity contribution is 5.75. The lowest BCUT2D eigenvalue weighted by atomic mass is 10.0. The highest BCUT2D eigenvalue weighted by atomic mass is 15.1. The van der Waals surface area contributed by atoms with E-state index < -0.39 is 0 Å². The Bertz CT molecular complexity index is 758. The highest BCUT2D eigenvalue weighted by Gasteiger charge is 2.10. The number of aromatic nitrogens is 2. The maximum absolute atomic E-state index is 4.70. The van der Waals surface area contributed by atoms with Crippen LogP contribution in [0.4, 0.5) is 0 Å². The molecule has 3 rings (SSSR count). The molecule has 0 amide bonds. The molecule has 0 aliphatic rings. The van der Waals surface area contributed by atoms with Crippen LogP contribution in [0.25, 0.3) is 11.0 Å². The quantitative estimate of drug-likeness (QED) is 0.788. The number of para-hydroxylation sites is 2. The molecule has 0 unspecified atom stereocenters. The Kier molecular flexibility index (Phi) is 3.76. The predicted octanol–water partition coefficient (Wildman–Crippen LogP) is 3.73. The van der Waals surface area contributed by atoms with Crippen LogP contribution in [-0.4, -0.2) is 9.55 Å². The summed E-state index contributed by atoms with van der Waals surface area (Å²) >= 11 is 0. The smallest absolute Gasteiger partial charge is 0.123 e. The Morgan fingerprint density at radius 3 is 2.57 bits per heavy atom. The molecular formula is C18H21N3. The summed E-state index contributed by atoms with van der Waals surface area (Å²) in [5, 5.41) is 3.57. The first-order valence-electron chi connectivity index (χ1n) is 7.36. The Hall–Kier alpha value is -2.13. The number of hydrogen-bond donors (Lipinski definition) is 1. The average molecular weight is 279 g/mol. The van der Waals surface area contributed by atoms with Gasteiger partial charge in [-0.15, -0.1) is 0 Å². The van der Waals surface area contributed by atoms with E-state index in [2.05, 4.69) is 73.2 Å². The van der Waals surface area contributed by atoms with E-state index in [9.17, 15) is 0 Å². The molecule has 0 fully saturated rings. The highest BCUT2D eigenvalue weighted by Crippen LogP contribution is 2.18. The molecule has 0 aliphatic heterocycles. The molecule has 0 saturated heterocycles. The number of fused-ring (bicyclic) bond motifs is 1. The van der Waals surface area contributed by atoms with E-state index in [0.29, 0.717) is 6.04 Å². The van der Waals surface area contributed by atoms with Crippen molar-refractivity contribution in [1.82, 2.24) is 14.9 Å². The van der Waals surface area contributed by atoms with E-state index in [1.807, 2.05) is 6.07 Å². The summed E-state index contributed by atoms with van der Waals surface area (Å²) in [5.41, 5.74) is 4.90. The second-order valence-electron chi connectivity index (χ2n) is 5.53. The van der Waals surface area contributed by atoms with Crippen LogP contribution in [0.1, 0.15) is 29.9 Å². The zero-order valence-corrected chi connectivity index (χ0v) is 12.8. The third-order valence-corrected chi connectivity index (χ3v) is 4.10. The molecule has 1 N–H and O–H groups in total. The van der Waals surface area contributed by atoms with E-state index in [-0.39, 0.29) is 0 Å². The predicted molar refractivity (Wildman–Crippen MR) is 87.1 cm³/mol. The molecule has 3 aromatic rings. The van der Waals surface area contributed by atoms with Gasteiger partial charge < -0.3 is 9.88 Å². The molecule has 1 aromatic heterocycles. The second-order valence-corrected chi connectivity index (χ2v) is 5.53. The molecule has 0 radical (unpaired) electrons. The molecule has 108 valence electrons. The van der Waals surface area contributed by atoms with Crippen LogP contribution < -0.4 is 5.32 Å². The lowest BCUT2D eigenvalue weighted by Gasteiger charge is -2.16. The monoisotopic (exact) mass is 279 g/mol. The van der Waals surface area contributed by atoms with Crippen LogP contribution in [0.5, 0.6) is 0 Å². The van der Waals surface area contributed by atoms with Gasteiger partial charge in [-0.1, -0.05) is 36.4 Å². The van der Waals surface area contributed by atoms with Crippen LogP contribution in [0, 0.1) is 6.92 Å². The Morgan fingerprint density at radius 2 is 1.81 bits per heavy atom. The van der Waals surface area contributed by atoms with Crippen LogP contribution in [0.15, 0.2) is 48.5 Å². The van der Waals surface area contributed by atoms with Gasteiger partial charge in [0.05, 0.1) is 17.6 Å². The zero-order valence-electron chi connectivity index (χ0n) is 12.8. The normalized spacial score (nSPS) is 12.7. The number of imidazole rings is 1. The maximum Gasteiger partial charge on any atom is 0.123 e. The maximum atomic E-state index is 4.70. The summed E-state index contributed by atoms with van der Waals surface area (Å²) in [6, 6.07) is 17.1. The van der Waals surface area contributed by atoms with Gasteiger partial charge in [0, 0.05) is 13.1 Å². The third kappa shape index (κ3) is 2.69. The summed E-state index contributed by atoms with van der Waals surface area (Å²) in [6.45, 7) is 5.12. The Balaban J connectivity index is 1.77. The van der Waals surface area contributed by atoms with Crippen molar-refractivity contribution in [3.05, 3.63) is 65.5 Å². The first-order chi connectivity index (χ1) is 10.2. The van der Waals surface area contributed by atoms with Gasteiger partial charge in [0.2, 0.25) is 0 Å². The van der Waals surface area contributed by atoms with Crippen molar-refractivity contribution >= 4 is 11.0 Å². The standard InChI is InChI=1S/C18H21N3/c1-13-8-4-5-9-15(13)14(2)19-12-18-20-16-10-6-7-11-17(16)21(18)3/h4-11,14,19H,12H2,1-3H3/t14-/m0/s1. The lowest BCUT2D eigenvalue weighted by molar-refractivity contribution is 0.549. The van der Waals surface area contributed by atoms with E-state index >= 15 is 0 Å².